The number of esters is 1. The Kier molecular flexibility index (Phi) is 6.75. The van der Waals surface area contributed by atoms with Gasteiger partial charge in [-0.25, -0.2) is 18.4 Å². The minimum absolute atomic E-state index is 0.0269. The van der Waals surface area contributed by atoms with Gasteiger partial charge < -0.3 is 14.2 Å². The Bertz CT molecular complexity index is 569. The molecule has 0 unspecified atom stereocenters. The lowest BCUT2D eigenvalue weighted by molar-refractivity contribution is 0.0206. The second kappa shape index (κ2) is 8.08. The van der Waals surface area contributed by atoms with Crippen LogP contribution in [0.25, 0.3) is 0 Å². The van der Waals surface area contributed by atoms with E-state index >= 15 is 0 Å². The topological polar surface area (TPSA) is 134 Å². The molecule has 0 saturated carbocycles. The number of methoxy groups -OCH3 is 1. The molecule has 0 spiro atoms. The maximum Gasteiger partial charge on any atom is 0.360 e. The van der Waals surface area contributed by atoms with Crippen molar-refractivity contribution in [2.24, 2.45) is 5.14 Å². The summed E-state index contributed by atoms with van der Waals surface area (Å²) < 4.78 is 37.8. The minimum atomic E-state index is -4.06. The largest absolute Gasteiger partial charge is 0.458 e. The standard InChI is InChI=1S/C11H19N3O6S/c1-3-8-10(21(12,16)17)9(14-13-8)11(15)20-7-6-19-5-4-18-2/h3-7H2,1-2H3,(H,13,14)(H2,12,16,17). The number of aryl methyl sites for hydroxylation is 1. The van der Waals surface area contributed by atoms with Gasteiger partial charge in [0.1, 0.15) is 11.5 Å². The lowest BCUT2D eigenvalue weighted by atomic mass is 10.3. The molecule has 0 aromatic carbocycles. The first-order valence-corrected chi connectivity index (χ1v) is 7.80. The average molecular weight is 321 g/mol. The van der Waals surface area contributed by atoms with Crippen molar-refractivity contribution in [1.29, 1.82) is 0 Å². The highest BCUT2D eigenvalue weighted by Gasteiger charge is 2.27. The first kappa shape index (κ1) is 17.6. The molecule has 0 aliphatic heterocycles. The number of rotatable bonds is 9. The number of carbonyl (C=O) groups is 1. The number of ether oxygens (including phenoxy) is 3. The number of aromatic amines is 1. The van der Waals surface area contributed by atoms with Crippen LogP contribution in [0.3, 0.4) is 0 Å². The minimum Gasteiger partial charge on any atom is -0.458 e. The summed E-state index contributed by atoms with van der Waals surface area (Å²) in [5, 5.41) is 11.2. The van der Waals surface area contributed by atoms with Crippen molar-refractivity contribution in [3.63, 3.8) is 0 Å². The van der Waals surface area contributed by atoms with E-state index in [1.54, 1.807) is 14.0 Å². The highest BCUT2D eigenvalue weighted by atomic mass is 32.2. The zero-order valence-corrected chi connectivity index (χ0v) is 12.7. The number of nitrogens with two attached hydrogens (primary N) is 1. The Morgan fingerprint density at radius 3 is 2.52 bits per heavy atom. The number of nitrogens with one attached hydrogen (secondary N) is 1. The second-order valence-electron chi connectivity index (χ2n) is 4.02. The first-order chi connectivity index (χ1) is 9.91. The summed E-state index contributed by atoms with van der Waals surface area (Å²) in [7, 11) is -2.52. The van der Waals surface area contributed by atoms with Gasteiger partial charge in [0, 0.05) is 7.11 Å². The van der Waals surface area contributed by atoms with Gasteiger partial charge in [-0.05, 0) is 6.42 Å². The van der Waals surface area contributed by atoms with Crippen LogP contribution in [0.2, 0.25) is 0 Å². The third kappa shape index (κ3) is 5.08. The number of hydrogen-bond donors (Lipinski definition) is 2. The van der Waals surface area contributed by atoms with Gasteiger partial charge in [-0.15, -0.1) is 0 Å². The van der Waals surface area contributed by atoms with E-state index in [2.05, 4.69) is 10.2 Å². The number of nitrogens with zero attached hydrogens (tertiary/aromatic N) is 1. The quantitative estimate of drug-likeness (QED) is 0.460. The van der Waals surface area contributed by atoms with Crippen LogP contribution in [0, 0.1) is 0 Å². The molecule has 0 radical (unpaired) electrons. The van der Waals surface area contributed by atoms with E-state index in [-0.39, 0.29) is 29.5 Å². The second-order valence-corrected chi connectivity index (χ2v) is 5.52. The fourth-order valence-electron chi connectivity index (χ4n) is 1.56. The lowest BCUT2D eigenvalue weighted by Crippen LogP contribution is -2.19. The van der Waals surface area contributed by atoms with E-state index in [9.17, 15) is 13.2 Å². The van der Waals surface area contributed by atoms with Crippen molar-refractivity contribution in [2.75, 3.05) is 33.5 Å². The number of hydrogen-bond acceptors (Lipinski definition) is 7. The van der Waals surface area contributed by atoms with Gasteiger partial charge >= 0.3 is 5.97 Å². The monoisotopic (exact) mass is 321 g/mol. The van der Waals surface area contributed by atoms with Crippen LogP contribution in [0.1, 0.15) is 23.1 Å². The van der Waals surface area contributed by atoms with Crippen molar-refractivity contribution in [2.45, 2.75) is 18.2 Å². The van der Waals surface area contributed by atoms with Gasteiger partial charge in [0.15, 0.2) is 5.69 Å². The van der Waals surface area contributed by atoms with Gasteiger partial charge in [0.05, 0.1) is 25.5 Å². The number of H-pyrrole nitrogens is 1. The molecule has 10 heteroatoms. The molecule has 1 heterocycles. The number of carbonyl (C=O) groups excluding carboxylic acids is 1. The van der Waals surface area contributed by atoms with E-state index in [0.717, 1.165) is 0 Å². The van der Waals surface area contributed by atoms with Crippen LogP contribution in [-0.4, -0.2) is 58.1 Å². The van der Waals surface area contributed by atoms with E-state index in [1.807, 2.05) is 0 Å². The highest BCUT2D eigenvalue weighted by molar-refractivity contribution is 7.89. The molecular weight excluding hydrogens is 302 g/mol. The number of primary sulfonamides is 1. The molecule has 1 aromatic rings. The molecule has 21 heavy (non-hydrogen) atoms. The molecule has 0 amide bonds. The third-order valence-corrected chi connectivity index (χ3v) is 3.52. The van der Waals surface area contributed by atoms with E-state index in [1.165, 1.54) is 0 Å². The van der Waals surface area contributed by atoms with Crippen molar-refractivity contribution >= 4 is 16.0 Å². The molecule has 0 saturated heterocycles. The smallest absolute Gasteiger partial charge is 0.360 e. The average Bonchev–Trinajstić information content (AvgIpc) is 2.86. The van der Waals surface area contributed by atoms with Crippen LogP contribution in [0.15, 0.2) is 4.90 Å². The van der Waals surface area contributed by atoms with Gasteiger partial charge in [0.2, 0.25) is 10.0 Å². The molecule has 9 nitrogen and oxygen atoms in total. The van der Waals surface area contributed by atoms with Crippen LogP contribution < -0.4 is 5.14 Å². The number of sulfonamides is 1. The third-order valence-electron chi connectivity index (χ3n) is 2.52. The first-order valence-electron chi connectivity index (χ1n) is 6.25. The summed E-state index contributed by atoms with van der Waals surface area (Å²) in [6.45, 7) is 2.66. The van der Waals surface area contributed by atoms with Crippen molar-refractivity contribution in [3.8, 4) is 0 Å². The van der Waals surface area contributed by atoms with Crippen molar-refractivity contribution in [1.82, 2.24) is 10.2 Å². The van der Waals surface area contributed by atoms with Gasteiger partial charge in [-0.2, -0.15) is 5.10 Å². The Hall–Kier alpha value is -1.49. The molecule has 1 aromatic heterocycles. The molecule has 120 valence electrons. The van der Waals surface area contributed by atoms with Crippen LogP contribution in [0.4, 0.5) is 0 Å². The summed E-state index contributed by atoms with van der Waals surface area (Å²) in [5.41, 5.74) is -0.0768. The maximum absolute atomic E-state index is 11.8. The molecular formula is C11H19N3O6S. The predicted octanol–water partition coefficient (Wildman–Crippen LogP) is -0.561. The molecule has 0 aliphatic carbocycles. The number of aromatic nitrogens is 2. The lowest BCUT2D eigenvalue weighted by Gasteiger charge is -2.05. The van der Waals surface area contributed by atoms with Crippen molar-refractivity contribution in [3.05, 3.63) is 11.4 Å². The van der Waals surface area contributed by atoms with Crippen LogP contribution >= 0.6 is 0 Å². The normalized spacial score (nSPS) is 11.6. The Balaban J connectivity index is 2.65. The van der Waals surface area contributed by atoms with E-state index in [0.29, 0.717) is 19.6 Å². The molecule has 1 rings (SSSR count). The van der Waals surface area contributed by atoms with Crippen molar-refractivity contribution < 1.29 is 27.4 Å². The molecule has 0 fully saturated rings. The Labute approximate surface area is 122 Å². The van der Waals surface area contributed by atoms with Gasteiger partial charge in [-0.3, -0.25) is 5.10 Å². The van der Waals surface area contributed by atoms with E-state index < -0.39 is 16.0 Å². The molecule has 0 aliphatic rings. The van der Waals surface area contributed by atoms with Gasteiger partial charge in [-0.1, -0.05) is 6.92 Å². The summed E-state index contributed by atoms with van der Waals surface area (Å²) in [6.07, 6.45) is 0.339. The Morgan fingerprint density at radius 1 is 1.29 bits per heavy atom. The maximum atomic E-state index is 11.8. The SMILES string of the molecule is CCc1[nH]nc(C(=O)OCCOCCOC)c1S(N)(=O)=O. The summed E-state index contributed by atoms with van der Waals surface area (Å²) >= 11 is 0. The summed E-state index contributed by atoms with van der Waals surface area (Å²) in [5.74, 6) is -0.870. The summed E-state index contributed by atoms with van der Waals surface area (Å²) in [4.78, 5) is 11.5. The molecule has 0 bridgehead atoms. The van der Waals surface area contributed by atoms with Crippen LogP contribution in [-0.2, 0) is 30.7 Å². The molecule has 3 N–H and O–H groups in total. The zero-order valence-electron chi connectivity index (χ0n) is 11.9. The van der Waals surface area contributed by atoms with E-state index in [4.69, 9.17) is 19.3 Å². The van der Waals surface area contributed by atoms with Crippen LogP contribution in [0.5, 0.6) is 0 Å². The fraction of sp³-hybridized carbons (Fsp3) is 0.636. The zero-order chi connectivity index (χ0) is 15.9. The van der Waals surface area contributed by atoms with Gasteiger partial charge in [0.25, 0.3) is 0 Å². The highest BCUT2D eigenvalue weighted by Crippen LogP contribution is 2.18. The summed E-state index contributed by atoms with van der Waals surface area (Å²) in [6, 6.07) is 0. The molecule has 0 atom stereocenters. The fourth-order valence-corrected chi connectivity index (χ4v) is 2.49. The predicted molar refractivity (Wildman–Crippen MR) is 72.3 cm³/mol. The Morgan fingerprint density at radius 2 is 1.95 bits per heavy atom.